The van der Waals surface area contributed by atoms with Gasteiger partial charge in [-0.15, -0.1) is 0 Å². The van der Waals surface area contributed by atoms with Crippen molar-refractivity contribution >= 4 is 17.7 Å². The van der Waals surface area contributed by atoms with Gasteiger partial charge in [0, 0.05) is 13.1 Å². The van der Waals surface area contributed by atoms with Crippen molar-refractivity contribution in [3.05, 3.63) is 35.4 Å². The molecule has 1 heterocycles. The van der Waals surface area contributed by atoms with Gasteiger partial charge in [0.1, 0.15) is 6.04 Å². The predicted molar refractivity (Wildman–Crippen MR) is 92.7 cm³/mol. The second-order valence-corrected chi connectivity index (χ2v) is 6.18. The van der Waals surface area contributed by atoms with E-state index in [2.05, 4.69) is 0 Å². The quantitative estimate of drug-likeness (QED) is 0.713. The molecule has 0 aliphatic carbocycles. The summed E-state index contributed by atoms with van der Waals surface area (Å²) < 4.78 is 0. The molecule has 0 aromatic heterocycles. The first-order valence-electron chi connectivity index (χ1n) is 8.60. The van der Waals surface area contributed by atoms with E-state index in [4.69, 9.17) is 5.26 Å². The lowest BCUT2D eigenvalue weighted by molar-refractivity contribution is -0.136. The maximum Gasteiger partial charge on any atom is 0.262 e. The zero-order valence-electron chi connectivity index (χ0n) is 14.9. The number of hydrogen-bond acceptors (Lipinski definition) is 4. The lowest BCUT2D eigenvalue weighted by Crippen LogP contribution is -2.54. The van der Waals surface area contributed by atoms with Gasteiger partial charge < -0.3 is 4.90 Å². The highest BCUT2D eigenvalue weighted by Gasteiger charge is 2.45. The molecule has 2 rings (SSSR count). The average Bonchev–Trinajstić information content (AvgIpc) is 2.88. The van der Waals surface area contributed by atoms with E-state index in [0.29, 0.717) is 30.6 Å². The second-order valence-electron chi connectivity index (χ2n) is 6.18. The Bertz CT molecular complexity index is 688. The summed E-state index contributed by atoms with van der Waals surface area (Å²) in [4.78, 5) is 41.3. The van der Waals surface area contributed by atoms with Crippen LogP contribution in [0, 0.1) is 17.2 Å². The van der Waals surface area contributed by atoms with Crippen LogP contribution in [0.4, 0.5) is 0 Å². The van der Waals surface area contributed by atoms with Crippen LogP contribution in [-0.2, 0) is 4.79 Å². The predicted octanol–water partition coefficient (Wildman–Crippen LogP) is 2.46. The molecule has 2 atom stereocenters. The molecule has 0 spiro atoms. The van der Waals surface area contributed by atoms with Crippen LogP contribution in [0.5, 0.6) is 0 Å². The van der Waals surface area contributed by atoms with Crippen LogP contribution < -0.4 is 0 Å². The summed E-state index contributed by atoms with van der Waals surface area (Å²) in [6.07, 6.45) is 0.870. The first-order valence-corrected chi connectivity index (χ1v) is 8.60. The Kier molecular flexibility index (Phi) is 5.92. The number of fused-ring (bicyclic) bond motifs is 1. The van der Waals surface area contributed by atoms with Crippen molar-refractivity contribution in [1.82, 2.24) is 9.80 Å². The number of nitrogens with zero attached hydrogens (tertiary/aromatic N) is 3. The minimum absolute atomic E-state index is 0.175. The van der Waals surface area contributed by atoms with E-state index in [-0.39, 0.29) is 18.2 Å². The van der Waals surface area contributed by atoms with Gasteiger partial charge in [-0.2, -0.15) is 5.26 Å². The smallest absolute Gasteiger partial charge is 0.262 e. The normalized spacial score (nSPS) is 15.5. The summed E-state index contributed by atoms with van der Waals surface area (Å²) in [6, 6.07) is 7.82. The molecule has 0 radical (unpaired) electrons. The molecule has 0 saturated heterocycles. The average molecular weight is 341 g/mol. The zero-order chi connectivity index (χ0) is 18.6. The fourth-order valence-electron chi connectivity index (χ4n) is 3.09. The Hall–Kier alpha value is -2.68. The largest absolute Gasteiger partial charge is 0.340 e. The van der Waals surface area contributed by atoms with Gasteiger partial charge in [-0.05, 0) is 25.0 Å². The molecule has 0 bridgehead atoms. The first-order chi connectivity index (χ1) is 12.0. The van der Waals surface area contributed by atoms with Gasteiger partial charge in [-0.1, -0.05) is 32.4 Å². The van der Waals surface area contributed by atoms with E-state index >= 15 is 0 Å². The standard InChI is InChI=1S/C19H23N3O3/c1-4-13(3)16(19(25)21(5-2)12-8-11-20)22-17(23)14-9-6-7-10-15(14)18(22)24/h6-7,9-10,13,16H,4-5,8,12H2,1-3H3. The molecule has 6 nitrogen and oxygen atoms in total. The van der Waals surface area contributed by atoms with E-state index in [1.54, 1.807) is 29.2 Å². The molecular formula is C19H23N3O3. The van der Waals surface area contributed by atoms with Crippen molar-refractivity contribution < 1.29 is 14.4 Å². The number of hydrogen-bond donors (Lipinski definition) is 0. The monoisotopic (exact) mass is 341 g/mol. The van der Waals surface area contributed by atoms with E-state index in [9.17, 15) is 14.4 Å². The summed E-state index contributed by atoms with van der Waals surface area (Å²) in [6.45, 7) is 6.34. The van der Waals surface area contributed by atoms with Crippen LogP contribution in [0.1, 0.15) is 54.3 Å². The summed E-state index contributed by atoms with van der Waals surface area (Å²) in [5.74, 6) is -1.29. The number of carbonyl (C=O) groups excluding carboxylic acids is 3. The Labute approximate surface area is 148 Å². The Balaban J connectivity index is 2.39. The van der Waals surface area contributed by atoms with Crippen molar-refractivity contribution in [2.45, 2.75) is 39.7 Å². The highest BCUT2D eigenvalue weighted by molar-refractivity contribution is 6.22. The van der Waals surface area contributed by atoms with E-state index in [1.807, 2.05) is 26.8 Å². The zero-order valence-corrected chi connectivity index (χ0v) is 14.9. The van der Waals surface area contributed by atoms with Crippen molar-refractivity contribution in [3.8, 4) is 6.07 Å². The highest BCUT2D eigenvalue weighted by atomic mass is 16.2. The molecule has 3 amide bonds. The van der Waals surface area contributed by atoms with Gasteiger partial charge in [-0.3, -0.25) is 19.3 Å². The number of rotatable bonds is 7. The molecule has 1 aliphatic heterocycles. The summed E-state index contributed by atoms with van der Waals surface area (Å²) >= 11 is 0. The van der Waals surface area contributed by atoms with Crippen LogP contribution in [0.3, 0.4) is 0 Å². The molecule has 0 N–H and O–H groups in total. The number of likely N-dealkylation sites (N-methyl/N-ethyl adjacent to an activating group) is 1. The summed E-state index contributed by atoms with van der Waals surface area (Å²) in [5, 5.41) is 8.79. The molecule has 1 aromatic rings. The van der Waals surface area contributed by atoms with Gasteiger partial charge >= 0.3 is 0 Å². The van der Waals surface area contributed by atoms with Crippen molar-refractivity contribution in [2.75, 3.05) is 13.1 Å². The van der Waals surface area contributed by atoms with Crippen LogP contribution >= 0.6 is 0 Å². The van der Waals surface area contributed by atoms with Crippen molar-refractivity contribution in [1.29, 1.82) is 5.26 Å². The van der Waals surface area contributed by atoms with Crippen LogP contribution in [-0.4, -0.2) is 46.7 Å². The Morgan fingerprint density at radius 1 is 1.20 bits per heavy atom. The molecule has 25 heavy (non-hydrogen) atoms. The van der Waals surface area contributed by atoms with E-state index in [1.165, 1.54) is 0 Å². The van der Waals surface area contributed by atoms with Gasteiger partial charge in [-0.25, -0.2) is 0 Å². The topological polar surface area (TPSA) is 81.5 Å². The van der Waals surface area contributed by atoms with E-state index < -0.39 is 17.9 Å². The van der Waals surface area contributed by atoms with Crippen LogP contribution in [0.15, 0.2) is 24.3 Å². The molecule has 2 unspecified atom stereocenters. The minimum Gasteiger partial charge on any atom is -0.340 e. The Morgan fingerprint density at radius 3 is 2.20 bits per heavy atom. The number of carbonyl (C=O) groups is 3. The lowest BCUT2D eigenvalue weighted by Gasteiger charge is -2.34. The number of nitriles is 1. The maximum absolute atomic E-state index is 13.1. The maximum atomic E-state index is 13.1. The molecule has 1 aromatic carbocycles. The third-order valence-electron chi connectivity index (χ3n) is 4.73. The molecule has 0 saturated carbocycles. The van der Waals surface area contributed by atoms with Crippen LogP contribution in [0.2, 0.25) is 0 Å². The highest BCUT2D eigenvalue weighted by Crippen LogP contribution is 2.29. The molecule has 132 valence electrons. The SMILES string of the molecule is CCC(C)C(C(=O)N(CC)CCC#N)N1C(=O)c2ccccc2C1=O. The summed E-state index contributed by atoms with van der Waals surface area (Å²) in [5.41, 5.74) is 0.683. The molecule has 0 fully saturated rings. The van der Waals surface area contributed by atoms with E-state index in [0.717, 1.165) is 4.90 Å². The molecular weight excluding hydrogens is 318 g/mol. The fourth-order valence-corrected chi connectivity index (χ4v) is 3.09. The third-order valence-corrected chi connectivity index (χ3v) is 4.73. The molecule has 1 aliphatic rings. The minimum atomic E-state index is -0.851. The number of imide groups is 1. The Morgan fingerprint density at radius 2 is 1.76 bits per heavy atom. The second kappa shape index (κ2) is 7.93. The van der Waals surface area contributed by atoms with Gasteiger partial charge in [0.05, 0.1) is 23.6 Å². The number of benzene rings is 1. The van der Waals surface area contributed by atoms with Gasteiger partial charge in [0.2, 0.25) is 5.91 Å². The lowest BCUT2D eigenvalue weighted by atomic mass is 9.96. The van der Waals surface area contributed by atoms with Crippen molar-refractivity contribution in [3.63, 3.8) is 0 Å². The fraction of sp³-hybridized carbons (Fsp3) is 0.474. The van der Waals surface area contributed by atoms with Crippen LogP contribution in [0.25, 0.3) is 0 Å². The van der Waals surface area contributed by atoms with Gasteiger partial charge in [0.15, 0.2) is 0 Å². The molecule has 6 heteroatoms. The third kappa shape index (κ3) is 3.41. The summed E-state index contributed by atoms with van der Waals surface area (Å²) in [7, 11) is 0. The first kappa shape index (κ1) is 18.7. The van der Waals surface area contributed by atoms with Gasteiger partial charge in [0.25, 0.3) is 11.8 Å². The van der Waals surface area contributed by atoms with Crippen molar-refractivity contribution in [2.24, 2.45) is 5.92 Å². The number of amides is 3.